The molecule has 3 aromatic rings. The summed E-state index contributed by atoms with van der Waals surface area (Å²) in [5.41, 5.74) is 2.08. The fraction of sp³-hybridized carbons (Fsp3) is 0.333. The minimum atomic E-state index is 0.0792. The van der Waals surface area contributed by atoms with E-state index in [2.05, 4.69) is 12.0 Å². The molecule has 0 saturated carbocycles. The van der Waals surface area contributed by atoms with Crippen molar-refractivity contribution >= 4 is 39.1 Å². The van der Waals surface area contributed by atoms with E-state index >= 15 is 0 Å². The second-order valence-corrected chi connectivity index (χ2v) is 7.39. The van der Waals surface area contributed by atoms with Crippen LogP contribution in [0.15, 0.2) is 30.3 Å². The highest BCUT2D eigenvalue weighted by molar-refractivity contribution is 7.20. The molecule has 0 spiro atoms. The monoisotopic (exact) mass is 361 g/mol. The third-order valence-corrected chi connectivity index (χ3v) is 5.36. The van der Waals surface area contributed by atoms with E-state index in [1.54, 1.807) is 4.90 Å². The topological polar surface area (TPSA) is 38.1 Å². The third-order valence-electron chi connectivity index (χ3n) is 3.97. The van der Waals surface area contributed by atoms with Crippen LogP contribution in [0.25, 0.3) is 10.2 Å². The number of fused-ring (bicyclic) bond motifs is 1. The number of carbonyl (C=O) groups excluding carboxylic acids is 1. The van der Waals surface area contributed by atoms with Crippen molar-refractivity contribution in [1.82, 2.24) is 14.7 Å². The summed E-state index contributed by atoms with van der Waals surface area (Å²) in [4.78, 5) is 16.1. The lowest BCUT2D eigenvalue weighted by atomic mass is 10.2. The Morgan fingerprint density at radius 2 is 2.04 bits per heavy atom. The van der Waals surface area contributed by atoms with Gasteiger partial charge >= 0.3 is 0 Å². The summed E-state index contributed by atoms with van der Waals surface area (Å²) in [5.74, 6) is 0.0792. The molecule has 0 atom stereocenters. The van der Waals surface area contributed by atoms with Gasteiger partial charge in [0, 0.05) is 24.0 Å². The molecule has 0 radical (unpaired) electrons. The van der Waals surface area contributed by atoms with Gasteiger partial charge in [-0.25, -0.2) is 0 Å². The molecule has 1 aromatic carbocycles. The highest BCUT2D eigenvalue weighted by atomic mass is 35.5. The Kier molecular flexibility index (Phi) is 4.92. The first-order chi connectivity index (χ1) is 11.5. The Bertz CT molecular complexity index is 866. The summed E-state index contributed by atoms with van der Waals surface area (Å²) in [5, 5.41) is 6.40. The van der Waals surface area contributed by atoms with Gasteiger partial charge in [0.15, 0.2) is 0 Å². The van der Waals surface area contributed by atoms with Crippen molar-refractivity contribution in [3.8, 4) is 0 Å². The minimum Gasteiger partial charge on any atom is -0.341 e. The number of carbonyl (C=O) groups is 1. The second-order valence-electron chi connectivity index (χ2n) is 5.93. The quantitative estimate of drug-likeness (QED) is 0.666. The van der Waals surface area contributed by atoms with Crippen molar-refractivity contribution in [3.05, 3.63) is 51.5 Å². The summed E-state index contributed by atoms with van der Waals surface area (Å²) in [6, 6.07) is 9.73. The van der Waals surface area contributed by atoms with Crippen LogP contribution >= 0.6 is 22.9 Å². The van der Waals surface area contributed by atoms with Crippen molar-refractivity contribution in [2.75, 3.05) is 13.6 Å². The predicted molar refractivity (Wildman–Crippen MR) is 100 cm³/mol. The minimum absolute atomic E-state index is 0.0792. The highest BCUT2D eigenvalue weighted by Gasteiger charge is 2.18. The van der Waals surface area contributed by atoms with E-state index in [1.165, 1.54) is 11.3 Å². The number of aryl methyl sites for hydroxylation is 1. The maximum Gasteiger partial charge on any atom is 0.263 e. The van der Waals surface area contributed by atoms with E-state index in [1.807, 2.05) is 49.0 Å². The molecule has 6 heteroatoms. The molecule has 3 rings (SSSR count). The molecule has 0 bridgehead atoms. The Balaban J connectivity index is 1.92. The largest absolute Gasteiger partial charge is 0.341 e. The fourth-order valence-corrected chi connectivity index (χ4v) is 3.99. The van der Waals surface area contributed by atoms with E-state index in [-0.39, 0.29) is 5.91 Å². The number of hydrogen-bond donors (Lipinski definition) is 0. The maximum absolute atomic E-state index is 12.5. The Hall–Kier alpha value is -1.85. The standard InChI is InChI=1S/C18H20ClN3OS/c1-4-9-21(3)17(23)16-10-15-12(2)20-22(18(15)24-16)11-13-5-7-14(19)8-6-13/h5-8,10H,4,9,11H2,1-3H3. The lowest BCUT2D eigenvalue weighted by Crippen LogP contribution is -2.26. The molecule has 4 nitrogen and oxygen atoms in total. The van der Waals surface area contributed by atoms with Gasteiger partial charge in [-0.05, 0) is 37.1 Å². The second kappa shape index (κ2) is 6.95. The van der Waals surface area contributed by atoms with E-state index in [4.69, 9.17) is 11.6 Å². The summed E-state index contributed by atoms with van der Waals surface area (Å²) in [6.45, 7) is 5.49. The molecule has 126 valence electrons. The maximum atomic E-state index is 12.5. The first kappa shape index (κ1) is 17.0. The molecule has 0 saturated heterocycles. The summed E-state index contributed by atoms with van der Waals surface area (Å²) in [7, 11) is 1.85. The summed E-state index contributed by atoms with van der Waals surface area (Å²) >= 11 is 7.46. The molecule has 0 fully saturated rings. The molecule has 2 aromatic heterocycles. The van der Waals surface area contributed by atoms with Crippen molar-refractivity contribution in [2.45, 2.75) is 26.8 Å². The lowest BCUT2D eigenvalue weighted by molar-refractivity contribution is 0.0800. The Morgan fingerprint density at radius 3 is 2.71 bits per heavy atom. The predicted octanol–water partition coefficient (Wildman–Crippen LogP) is 4.59. The highest BCUT2D eigenvalue weighted by Crippen LogP contribution is 2.29. The van der Waals surface area contributed by atoms with Crippen molar-refractivity contribution in [2.24, 2.45) is 0 Å². The van der Waals surface area contributed by atoms with Crippen LogP contribution in [0.5, 0.6) is 0 Å². The first-order valence-electron chi connectivity index (χ1n) is 7.96. The van der Waals surface area contributed by atoms with Gasteiger partial charge in [0.2, 0.25) is 0 Å². The molecule has 0 unspecified atom stereocenters. The van der Waals surface area contributed by atoms with Crippen molar-refractivity contribution < 1.29 is 4.79 Å². The number of rotatable bonds is 5. The number of hydrogen-bond acceptors (Lipinski definition) is 3. The van der Waals surface area contributed by atoms with Gasteiger partial charge in [-0.2, -0.15) is 5.10 Å². The molecule has 2 heterocycles. The van der Waals surface area contributed by atoms with Crippen LogP contribution < -0.4 is 0 Å². The SMILES string of the molecule is CCCN(C)C(=O)c1cc2c(C)nn(Cc3ccc(Cl)cc3)c2s1. The van der Waals surface area contributed by atoms with Crippen molar-refractivity contribution in [3.63, 3.8) is 0 Å². The molecule has 0 aliphatic carbocycles. The van der Waals surface area contributed by atoms with Crippen LogP contribution in [0.3, 0.4) is 0 Å². The van der Waals surface area contributed by atoms with Crippen molar-refractivity contribution in [1.29, 1.82) is 0 Å². The van der Waals surface area contributed by atoms with Gasteiger partial charge in [0.05, 0.1) is 17.1 Å². The molecule has 0 aliphatic heterocycles. The number of amides is 1. The average molecular weight is 362 g/mol. The zero-order chi connectivity index (χ0) is 17.3. The van der Waals surface area contributed by atoms with Gasteiger partial charge in [0.25, 0.3) is 5.91 Å². The first-order valence-corrected chi connectivity index (χ1v) is 9.16. The zero-order valence-electron chi connectivity index (χ0n) is 14.0. The van der Waals surface area contributed by atoms with E-state index in [0.29, 0.717) is 6.54 Å². The lowest BCUT2D eigenvalue weighted by Gasteiger charge is -2.14. The van der Waals surface area contributed by atoms with Crippen LogP contribution in [0.2, 0.25) is 5.02 Å². The van der Waals surface area contributed by atoms with E-state index < -0.39 is 0 Å². The van der Waals surface area contributed by atoms with Crippen LogP contribution in [-0.2, 0) is 6.54 Å². The van der Waals surface area contributed by atoms with Gasteiger partial charge in [0.1, 0.15) is 4.83 Å². The van der Waals surface area contributed by atoms with Gasteiger partial charge in [-0.15, -0.1) is 11.3 Å². The van der Waals surface area contributed by atoms with Crippen LogP contribution in [0.1, 0.15) is 34.3 Å². The normalized spacial score (nSPS) is 11.2. The Labute approximate surface area is 150 Å². The van der Waals surface area contributed by atoms with Crippen LogP contribution in [-0.4, -0.2) is 34.2 Å². The summed E-state index contributed by atoms with van der Waals surface area (Å²) in [6.07, 6.45) is 0.955. The third kappa shape index (κ3) is 3.32. The van der Waals surface area contributed by atoms with Gasteiger partial charge in [-0.1, -0.05) is 30.7 Å². The van der Waals surface area contributed by atoms with Gasteiger partial charge in [-0.3, -0.25) is 9.48 Å². The molecule has 1 amide bonds. The number of aromatic nitrogens is 2. The van der Waals surface area contributed by atoms with Crippen LogP contribution in [0.4, 0.5) is 0 Å². The smallest absolute Gasteiger partial charge is 0.263 e. The van der Waals surface area contributed by atoms with Gasteiger partial charge < -0.3 is 4.90 Å². The molecular weight excluding hydrogens is 342 g/mol. The molecule has 0 N–H and O–H groups in total. The number of thiophene rings is 1. The number of nitrogens with zero attached hydrogens (tertiary/aromatic N) is 3. The van der Waals surface area contributed by atoms with Crippen LogP contribution in [0, 0.1) is 6.92 Å². The zero-order valence-corrected chi connectivity index (χ0v) is 15.6. The molecular formula is C18H20ClN3OS. The number of halogens is 1. The number of benzene rings is 1. The average Bonchev–Trinajstić information content (AvgIpc) is 3.11. The molecule has 0 aliphatic rings. The fourth-order valence-electron chi connectivity index (χ4n) is 2.71. The van der Waals surface area contributed by atoms with E-state index in [9.17, 15) is 4.79 Å². The van der Waals surface area contributed by atoms with E-state index in [0.717, 1.165) is 44.3 Å². The summed E-state index contributed by atoms with van der Waals surface area (Å²) < 4.78 is 1.97. The Morgan fingerprint density at radius 1 is 1.33 bits per heavy atom. The molecule has 24 heavy (non-hydrogen) atoms.